The van der Waals surface area contributed by atoms with Crippen LogP contribution in [0, 0.1) is 17.1 Å². The van der Waals surface area contributed by atoms with Crippen LogP contribution in [0.5, 0.6) is 5.75 Å². The lowest BCUT2D eigenvalue weighted by molar-refractivity contribution is 0.0921. The molecule has 0 N–H and O–H groups in total. The van der Waals surface area contributed by atoms with E-state index in [-0.39, 0.29) is 23.2 Å². The molecule has 0 bridgehead atoms. The molecule has 5 heteroatoms. The van der Waals surface area contributed by atoms with Crippen molar-refractivity contribution < 1.29 is 13.9 Å². The lowest BCUT2D eigenvalue weighted by Gasteiger charge is -2.07. The zero-order valence-corrected chi connectivity index (χ0v) is 11.0. The van der Waals surface area contributed by atoms with Gasteiger partial charge in [-0.15, -0.1) is 0 Å². The summed E-state index contributed by atoms with van der Waals surface area (Å²) in [6, 6.07) is 11.9. The number of carbonyl (C=O) groups excluding carboxylic acids is 1. The van der Waals surface area contributed by atoms with Crippen LogP contribution < -0.4 is 4.74 Å². The molecule has 0 aliphatic carbocycles. The van der Waals surface area contributed by atoms with E-state index >= 15 is 0 Å². The van der Waals surface area contributed by atoms with Gasteiger partial charge in [-0.1, -0.05) is 11.6 Å². The summed E-state index contributed by atoms with van der Waals surface area (Å²) in [4.78, 5) is 11.9. The second-order valence-corrected chi connectivity index (χ2v) is 4.38. The minimum atomic E-state index is -0.472. The van der Waals surface area contributed by atoms with Crippen molar-refractivity contribution in [3.63, 3.8) is 0 Å². The Hall–Kier alpha value is -2.38. The number of ether oxygens (including phenoxy) is 1. The minimum absolute atomic E-state index is 0.109. The fourth-order valence-corrected chi connectivity index (χ4v) is 1.77. The van der Waals surface area contributed by atoms with Crippen molar-refractivity contribution in [2.45, 2.75) is 0 Å². The summed E-state index contributed by atoms with van der Waals surface area (Å²) < 4.78 is 18.1. The van der Waals surface area contributed by atoms with Crippen LogP contribution in [-0.4, -0.2) is 12.4 Å². The molecule has 0 saturated carbocycles. The quantitative estimate of drug-likeness (QED) is 0.808. The Morgan fingerprint density at radius 1 is 1.25 bits per heavy atom. The Kier molecular flexibility index (Phi) is 4.34. The Morgan fingerprint density at radius 2 is 1.95 bits per heavy atom. The van der Waals surface area contributed by atoms with Gasteiger partial charge in [0.1, 0.15) is 11.6 Å². The number of nitrogens with zero attached hydrogens (tertiary/aromatic N) is 1. The number of nitriles is 1. The van der Waals surface area contributed by atoms with Gasteiger partial charge in [0.25, 0.3) is 0 Å². The van der Waals surface area contributed by atoms with Gasteiger partial charge in [0, 0.05) is 5.56 Å². The number of carbonyl (C=O) groups is 1. The number of hydrogen-bond donors (Lipinski definition) is 0. The van der Waals surface area contributed by atoms with Gasteiger partial charge in [-0.25, -0.2) is 4.39 Å². The molecule has 0 aliphatic rings. The molecule has 0 amide bonds. The Bertz CT molecular complexity index is 677. The first-order valence-corrected chi connectivity index (χ1v) is 6.09. The van der Waals surface area contributed by atoms with Crippen LogP contribution >= 0.6 is 11.6 Å². The molecule has 0 aromatic heterocycles. The van der Waals surface area contributed by atoms with Crippen LogP contribution in [0.4, 0.5) is 4.39 Å². The highest BCUT2D eigenvalue weighted by atomic mass is 35.5. The fraction of sp³-hybridized carbons (Fsp3) is 0.0667. The predicted molar refractivity (Wildman–Crippen MR) is 72.4 cm³/mol. The highest BCUT2D eigenvalue weighted by molar-refractivity contribution is 6.32. The van der Waals surface area contributed by atoms with E-state index in [1.165, 1.54) is 12.1 Å². The summed E-state index contributed by atoms with van der Waals surface area (Å²) in [6.07, 6.45) is 0. The van der Waals surface area contributed by atoms with E-state index in [4.69, 9.17) is 21.6 Å². The van der Waals surface area contributed by atoms with Gasteiger partial charge in [0.2, 0.25) is 0 Å². The highest BCUT2D eigenvalue weighted by Gasteiger charge is 2.09. The molecule has 2 rings (SSSR count). The van der Waals surface area contributed by atoms with Crippen molar-refractivity contribution in [2.75, 3.05) is 6.61 Å². The molecule has 0 atom stereocenters. The van der Waals surface area contributed by atoms with E-state index < -0.39 is 5.82 Å². The fourth-order valence-electron chi connectivity index (χ4n) is 1.55. The summed E-state index contributed by atoms with van der Waals surface area (Å²) in [5, 5.41) is 8.78. The van der Waals surface area contributed by atoms with Crippen molar-refractivity contribution >= 4 is 17.4 Å². The third kappa shape index (κ3) is 3.34. The van der Waals surface area contributed by atoms with Crippen LogP contribution in [0.2, 0.25) is 5.02 Å². The van der Waals surface area contributed by atoms with Crippen LogP contribution in [0.15, 0.2) is 42.5 Å². The average molecular weight is 290 g/mol. The molecule has 0 saturated heterocycles. The van der Waals surface area contributed by atoms with Crippen LogP contribution in [0.1, 0.15) is 15.9 Å². The first-order valence-electron chi connectivity index (χ1n) is 5.71. The molecule has 0 radical (unpaired) electrons. The number of ketones is 1. The third-order valence-electron chi connectivity index (χ3n) is 2.59. The van der Waals surface area contributed by atoms with Crippen molar-refractivity contribution in [2.24, 2.45) is 0 Å². The SMILES string of the molecule is N#Cc1ccc(C(=O)COc2ccc(F)cc2Cl)cc1. The van der Waals surface area contributed by atoms with Crippen molar-refractivity contribution in [1.82, 2.24) is 0 Å². The summed E-state index contributed by atoms with van der Waals surface area (Å²) in [7, 11) is 0. The van der Waals surface area contributed by atoms with Crippen LogP contribution in [0.3, 0.4) is 0 Å². The van der Waals surface area contributed by atoms with Gasteiger partial charge in [-0.3, -0.25) is 4.79 Å². The summed E-state index contributed by atoms with van der Waals surface area (Å²) in [6.45, 7) is -0.211. The van der Waals surface area contributed by atoms with Crippen molar-refractivity contribution in [3.8, 4) is 11.8 Å². The van der Waals surface area contributed by atoms with Gasteiger partial charge < -0.3 is 4.74 Å². The predicted octanol–water partition coefficient (Wildman–Crippen LogP) is 3.61. The lowest BCUT2D eigenvalue weighted by Crippen LogP contribution is -2.11. The first-order chi connectivity index (χ1) is 9.60. The second-order valence-electron chi connectivity index (χ2n) is 3.98. The zero-order valence-electron chi connectivity index (χ0n) is 10.3. The molecular formula is C15H9ClFNO2. The molecule has 0 heterocycles. The molecule has 0 aliphatic heterocycles. The maximum absolute atomic E-state index is 12.8. The topological polar surface area (TPSA) is 50.1 Å². The molecule has 0 spiro atoms. The zero-order chi connectivity index (χ0) is 14.5. The van der Waals surface area contributed by atoms with E-state index in [2.05, 4.69) is 0 Å². The van der Waals surface area contributed by atoms with Gasteiger partial charge in [-0.2, -0.15) is 5.26 Å². The van der Waals surface area contributed by atoms with Gasteiger partial charge in [-0.05, 0) is 42.5 Å². The normalized spacial score (nSPS) is 9.85. The minimum Gasteiger partial charge on any atom is -0.484 e. The van der Waals surface area contributed by atoms with Crippen molar-refractivity contribution in [3.05, 3.63) is 64.4 Å². The molecule has 3 nitrogen and oxygen atoms in total. The van der Waals surface area contributed by atoms with Crippen molar-refractivity contribution in [1.29, 1.82) is 5.26 Å². The lowest BCUT2D eigenvalue weighted by atomic mass is 10.1. The summed E-state index contributed by atoms with van der Waals surface area (Å²) in [5.41, 5.74) is 0.909. The second kappa shape index (κ2) is 6.18. The summed E-state index contributed by atoms with van der Waals surface area (Å²) >= 11 is 5.79. The van der Waals surface area contributed by atoms with Crippen LogP contribution in [-0.2, 0) is 0 Å². The Morgan fingerprint density at radius 3 is 2.55 bits per heavy atom. The first kappa shape index (κ1) is 14.0. The van der Waals surface area contributed by atoms with Gasteiger partial charge in [0.05, 0.1) is 16.7 Å². The number of Topliss-reactive ketones (excluding diaryl/α,β-unsaturated/α-hetero) is 1. The summed E-state index contributed by atoms with van der Waals surface area (Å²) in [5.74, 6) is -0.481. The Labute approximate surface area is 120 Å². The van der Waals surface area contributed by atoms with E-state index in [0.29, 0.717) is 11.1 Å². The largest absolute Gasteiger partial charge is 0.484 e. The van der Waals surface area contributed by atoms with E-state index in [0.717, 1.165) is 6.07 Å². The van der Waals surface area contributed by atoms with E-state index in [9.17, 15) is 9.18 Å². The number of halogens is 2. The average Bonchev–Trinajstić information content (AvgIpc) is 2.46. The van der Waals surface area contributed by atoms with Gasteiger partial charge in [0.15, 0.2) is 12.4 Å². The van der Waals surface area contributed by atoms with Gasteiger partial charge >= 0.3 is 0 Å². The number of hydrogen-bond acceptors (Lipinski definition) is 3. The van der Waals surface area contributed by atoms with Crippen LogP contribution in [0.25, 0.3) is 0 Å². The Balaban J connectivity index is 2.03. The molecule has 0 unspecified atom stereocenters. The maximum atomic E-state index is 12.8. The maximum Gasteiger partial charge on any atom is 0.200 e. The number of rotatable bonds is 4. The molecule has 100 valence electrons. The number of benzene rings is 2. The molecule has 2 aromatic carbocycles. The van der Waals surface area contributed by atoms with E-state index in [1.807, 2.05) is 6.07 Å². The molecule has 2 aromatic rings. The molecule has 0 fully saturated rings. The molecular weight excluding hydrogens is 281 g/mol. The standard InChI is InChI=1S/C15H9ClFNO2/c16-13-7-12(17)5-6-15(13)20-9-14(19)11-3-1-10(8-18)2-4-11/h1-7H,9H2. The third-order valence-corrected chi connectivity index (χ3v) is 2.88. The smallest absolute Gasteiger partial charge is 0.200 e. The monoisotopic (exact) mass is 289 g/mol. The highest BCUT2D eigenvalue weighted by Crippen LogP contribution is 2.24. The van der Waals surface area contributed by atoms with E-state index in [1.54, 1.807) is 24.3 Å². The molecule has 20 heavy (non-hydrogen) atoms.